The van der Waals surface area contributed by atoms with Gasteiger partial charge in [-0.25, -0.2) is 4.79 Å². The van der Waals surface area contributed by atoms with Gasteiger partial charge in [-0.15, -0.1) is 0 Å². The molecule has 7 heteroatoms. The zero-order valence-corrected chi connectivity index (χ0v) is 13.1. The van der Waals surface area contributed by atoms with E-state index in [1.807, 2.05) is 30.3 Å². The summed E-state index contributed by atoms with van der Waals surface area (Å²) >= 11 is 0. The maximum Gasteiger partial charge on any atom is 0.418 e. The Kier molecular flexibility index (Phi) is 5.90. The van der Waals surface area contributed by atoms with E-state index in [-0.39, 0.29) is 24.4 Å². The second kappa shape index (κ2) is 8.11. The second-order valence-corrected chi connectivity index (χ2v) is 5.02. The zero-order valence-electron chi connectivity index (χ0n) is 13.1. The summed E-state index contributed by atoms with van der Waals surface area (Å²) in [6.07, 6.45) is -5.20. The number of alkyl carbamates (subject to hydrolysis) is 1. The molecule has 3 N–H and O–H groups in total. The van der Waals surface area contributed by atoms with E-state index < -0.39 is 17.8 Å². The van der Waals surface area contributed by atoms with Crippen molar-refractivity contribution >= 4 is 11.8 Å². The number of hydrogen-bond acceptors (Lipinski definition) is 3. The van der Waals surface area contributed by atoms with Crippen LogP contribution in [0, 0.1) is 11.8 Å². The summed E-state index contributed by atoms with van der Waals surface area (Å²) in [6, 6.07) is 12.5. The molecule has 0 bridgehead atoms. The Morgan fingerprint density at radius 1 is 1.16 bits per heavy atom. The van der Waals surface area contributed by atoms with Gasteiger partial charge in [-0.1, -0.05) is 42.2 Å². The maximum absolute atomic E-state index is 12.7. The van der Waals surface area contributed by atoms with E-state index in [0.717, 1.165) is 17.7 Å². The van der Waals surface area contributed by atoms with E-state index >= 15 is 0 Å². The number of hydrogen-bond donors (Lipinski definition) is 2. The molecular formula is C18H15F3N2O2. The van der Waals surface area contributed by atoms with Gasteiger partial charge in [-0.3, -0.25) is 0 Å². The monoisotopic (exact) mass is 348 g/mol. The number of carbonyl (C=O) groups is 1. The number of ether oxygens (including phenoxy) is 1. The van der Waals surface area contributed by atoms with Gasteiger partial charge >= 0.3 is 12.3 Å². The van der Waals surface area contributed by atoms with Crippen LogP contribution >= 0.6 is 0 Å². The Bertz CT molecular complexity index is 793. The van der Waals surface area contributed by atoms with Crippen LogP contribution in [-0.4, -0.2) is 12.6 Å². The van der Waals surface area contributed by atoms with Gasteiger partial charge in [0.25, 0.3) is 0 Å². The Morgan fingerprint density at radius 3 is 2.56 bits per heavy atom. The normalized spacial score (nSPS) is 10.5. The molecule has 0 radical (unpaired) electrons. The lowest BCUT2D eigenvalue weighted by Gasteiger charge is -2.09. The van der Waals surface area contributed by atoms with Gasteiger partial charge in [-0.2, -0.15) is 13.2 Å². The fourth-order valence-corrected chi connectivity index (χ4v) is 1.92. The summed E-state index contributed by atoms with van der Waals surface area (Å²) in [5.74, 6) is 5.10. The number of nitrogen functional groups attached to an aromatic ring is 1. The lowest BCUT2D eigenvalue weighted by atomic mass is 10.1. The number of rotatable bonds is 3. The molecule has 0 spiro atoms. The lowest BCUT2D eigenvalue weighted by molar-refractivity contribution is -0.136. The van der Waals surface area contributed by atoms with Crippen molar-refractivity contribution in [2.24, 2.45) is 0 Å². The van der Waals surface area contributed by atoms with Crippen LogP contribution in [0.3, 0.4) is 0 Å². The Hall–Kier alpha value is -3.14. The number of halogens is 3. The molecule has 0 aliphatic carbocycles. The third kappa shape index (κ3) is 5.77. The highest BCUT2D eigenvalue weighted by Gasteiger charge is 2.32. The van der Waals surface area contributed by atoms with E-state index in [2.05, 4.69) is 17.2 Å². The first-order valence-corrected chi connectivity index (χ1v) is 7.26. The van der Waals surface area contributed by atoms with Crippen LogP contribution in [0.2, 0.25) is 0 Å². The predicted molar refractivity (Wildman–Crippen MR) is 87.4 cm³/mol. The van der Waals surface area contributed by atoms with Crippen molar-refractivity contribution in [1.29, 1.82) is 0 Å². The summed E-state index contributed by atoms with van der Waals surface area (Å²) in [7, 11) is 0. The fourth-order valence-electron chi connectivity index (χ4n) is 1.92. The first kappa shape index (κ1) is 18.2. The van der Waals surface area contributed by atoms with Crippen LogP contribution in [0.5, 0.6) is 0 Å². The minimum atomic E-state index is -4.54. The highest BCUT2D eigenvalue weighted by molar-refractivity contribution is 5.67. The standard InChI is InChI=1S/C18H15F3N2O2/c19-18(20,21)15-11-13(8-9-16(15)22)7-4-10-23-17(24)25-12-14-5-2-1-3-6-14/h1-3,5-6,8-9,11H,10,12,22H2,(H,23,24). The molecule has 0 heterocycles. The van der Waals surface area contributed by atoms with Crippen LogP contribution in [-0.2, 0) is 17.5 Å². The number of nitrogens with two attached hydrogens (primary N) is 1. The lowest BCUT2D eigenvalue weighted by Crippen LogP contribution is -2.24. The third-order valence-electron chi connectivity index (χ3n) is 3.13. The predicted octanol–water partition coefficient (Wildman–Crippen LogP) is 3.57. The van der Waals surface area contributed by atoms with Gasteiger partial charge < -0.3 is 15.8 Å². The molecule has 0 saturated heterocycles. The van der Waals surface area contributed by atoms with Gasteiger partial charge in [0.05, 0.1) is 12.1 Å². The molecule has 0 saturated carbocycles. The number of amides is 1. The summed E-state index contributed by atoms with van der Waals surface area (Å²) in [5.41, 5.74) is 5.01. The van der Waals surface area contributed by atoms with Crippen LogP contribution in [0.15, 0.2) is 48.5 Å². The van der Waals surface area contributed by atoms with Crippen molar-refractivity contribution in [3.05, 3.63) is 65.2 Å². The summed E-state index contributed by atoms with van der Waals surface area (Å²) < 4.78 is 43.2. The third-order valence-corrected chi connectivity index (χ3v) is 3.13. The van der Waals surface area contributed by atoms with E-state index in [1.54, 1.807) is 0 Å². The van der Waals surface area contributed by atoms with Crippen molar-refractivity contribution < 1.29 is 22.7 Å². The molecule has 130 valence electrons. The maximum atomic E-state index is 12.7. The molecule has 2 aromatic carbocycles. The molecule has 2 rings (SSSR count). The van der Waals surface area contributed by atoms with Crippen LogP contribution in [0.4, 0.5) is 23.7 Å². The smallest absolute Gasteiger partial charge is 0.418 e. The Morgan fingerprint density at radius 2 is 1.88 bits per heavy atom. The van der Waals surface area contributed by atoms with Crippen molar-refractivity contribution in [2.75, 3.05) is 12.3 Å². The van der Waals surface area contributed by atoms with Crippen molar-refractivity contribution in [3.8, 4) is 11.8 Å². The first-order chi connectivity index (χ1) is 11.9. The van der Waals surface area contributed by atoms with E-state index in [1.165, 1.54) is 6.07 Å². The average Bonchev–Trinajstić information content (AvgIpc) is 2.58. The highest BCUT2D eigenvalue weighted by atomic mass is 19.4. The fraction of sp³-hybridized carbons (Fsp3) is 0.167. The average molecular weight is 348 g/mol. The van der Waals surface area contributed by atoms with Gasteiger partial charge in [0.1, 0.15) is 6.61 Å². The van der Waals surface area contributed by atoms with Crippen LogP contribution in [0.1, 0.15) is 16.7 Å². The zero-order chi connectivity index (χ0) is 18.3. The minimum Gasteiger partial charge on any atom is -0.445 e. The highest BCUT2D eigenvalue weighted by Crippen LogP contribution is 2.33. The van der Waals surface area contributed by atoms with Crippen molar-refractivity contribution in [3.63, 3.8) is 0 Å². The molecule has 4 nitrogen and oxygen atoms in total. The summed E-state index contributed by atoms with van der Waals surface area (Å²) in [4.78, 5) is 11.5. The second-order valence-electron chi connectivity index (χ2n) is 5.02. The number of anilines is 1. The molecule has 25 heavy (non-hydrogen) atoms. The van der Waals surface area contributed by atoms with Gasteiger partial charge in [0, 0.05) is 11.3 Å². The van der Waals surface area contributed by atoms with Crippen LogP contribution in [0.25, 0.3) is 0 Å². The quantitative estimate of drug-likeness (QED) is 0.658. The van der Waals surface area contributed by atoms with E-state index in [9.17, 15) is 18.0 Å². The molecule has 0 aromatic heterocycles. The molecule has 0 aliphatic heterocycles. The molecule has 0 aliphatic rings. The van der Waals surface area contributed by atoms with Gasteiger partial charge in [0.15, 0.2) is 0 Å². The Balaban J connectivity index is 1.85. The molecule has 0 unspecified atom stereocenters. The number of benzene rings is 2. The molecule has 2 aromatic rings. The van der Waals surface area contributed by atoms with Gasteiger partial charge in [0.2, 0.25) is 0 Å². The number of nitrogens with one attached hydrogen (secondary N) is 1. The van der Waals surface area contributed by atoms with Crippen molar-refractivity contribution in [1.82, 2.24) is 5.32 Å². The first-order valence-electron chi connectivity index (χ1n) is 7.26. The summed E-state index contributed by atoms with van der Waals surface area (Å²) in [5, 5.41) is 2.40. The van der Waals surface area contributed by atoms with Gasteiger partial charge in [-0.05, 0) is 23.8 Å². The van der Waals surface area contributed by atoms with E-state index in [0.29, 0.717) is 0 Å². The largest absolute Gasteiger partial charge is 0.445 e. The topological polar surface area (TPSA) is 64.3 Å². The molecule has 0 atom stereocenters. The van der Waals surface area contributed by atoms with Crippen molar-refractivity contribution in [2.45, 2.75) is 12.8 Å². The Labute approximate surface area is 142 Å². The number of carbonyl (C=O) groups excluding carboxylic acids is 1. The molecular weight excluding hydrogens is 333 g/mol. The molecule has 1 amide bonds. The van der Waals surface area contributed by atoms with Crippen LogP contribution < -0.4 is 11.1 Å². The SMILES string of the molecule is Nc1ccc(C#CCNC(=O)OCc2ccccc2)cc1C(F)(F)F. The summed E-state index contributed by atoms with van der Waals surface area (Å²) in [6.45, 7) is 0.0619. The molecule has 0 fully saturated rings. The minimum absolute atomic E-state index is 0.0562. The number of alkyl halides is 3. The van der Waals surface area contributed by atoms with E-state index in [4.69, 9.17) is 10.5 Å².